The summed E-state index contributed by atoms with van der Waals surface area (Å²) in [5, 5.41) is 1.23. The predicted molar refractivity (Wildman–Crippen MR) is 85.8 cm³/mol. The van der Waals surface area contributed by atoms with Gasteiger partial charge in [0.1, 0.15) is 0 Å². The number of carbonyl (C=O) groups is 2. The summed E-state index contributed by atoms with van der Waals surface area (Å²) >= 11 is 0. The molecule has 0 bridgehead atoms. The average molecular weight is 312 g/mol. The van der Waals surface area contributed by atoms with Gasteiger partial charge in [0, 0.05) is 42.5 Å². The minimum absolute atomic E-state index is 0.0902. The number of cyclic esters (lactones) is 1. The number of carbonyl (C=O) groups excluding carboxylic acids is 2. The Morgan fingerprint density at radius 2 is 2.17 bits per heavy atom. The van der Waals surface area contributed by atoms with Crippen molar-refractivity contribution in [2.75, 3.05) is 19.7 Å². The van der Waals surface area contributed by atoms with E-state index >= 15 is 0 Å². The molecule has 1 aromatic carbocycles. The highest BCUT2D eigenvalue weighted by atomic mass is 16.5. The van der Waals surface area contributed by atoms with Crippen molar-refractivity contribution < 1.29 is 14.3 Å². The lowest BCUT2D eigenvalue weighted by Crippen LogP contribution is -2.30. The summed E-state index contributed by atoms with van der Waals surface area (Å²) in [5.74, 6) is 0.142. The van der Waals surface area contributed by atoms with E-state index in [0.717, 1.165) is 18.4 Å². The van der Waals surface area contributed by atoms with Gasteiger partial charge < -0.3 is 14.6 Å². The lowest BCUT2D eigenvalue weighted by atomic mass is 10.0. The van der Waals surface area contributed by atoms with E-state index < -0.39 is 0 Å². The molecule has 2 fully saturated rings. The van der Waals surface area contributed by atoms with E-state index in [1.54, 1.807) is 0 Å². The molecule has 4 rings (SSSR count). The van der Waals surface area contributed by atoms with Crippen LogP contribution in [0.4, 0.5) is 0 Å². The molecule has 0 spiro atoms. The minimum Gasteiger partial charge on any atom is -0.465 e. The van der Waals surface area contributed by atoms with Crippen molar-refractivity contribution in [3.8, 4) is 0 Å². The van der Waals surface area contributed by atoms with Gasteiger partial charge in [-0.1, -0.05) is 18.2 Å². The van der Waals surface area contributed by atoms with Gasteiger partial charge in [0.2, 0.25) is 5.91 Å². The number of rotatable bonds is 4. The van der Waals surface area contributed by atoms with Crippen LogP contribution in [0.1, 0.15) is 18.4 Å². The van der Waals surface area contributed by atoms with Gasteiger partial charge in [-0.3, -0.25) is 9.59 Å². The summed E-state index contributed by atoms with van der Waals surface area (Å²) in [7, 11) is 0. The zero-order valence-electron chi connectivity index (χ0n) is 13.0. The van der Waals surface area contributed by atoms with Crippen LogP contribution in [0.2, 0.25) is 0 Å². The lowest BCUT2D eigenvalue weighted by Gasteiger charge is -2.17. The second-order valence-corrected chi connectivity index (χ2v) is 6.51. The number of hydrogen-bond donors (Lipinski definition) is 1. The fraction of sp³-hybridized carbons (Fsp3) is 0.444. The third-order valence-electron chi connectivity index (χ3n) is 5.05. The van der Waals surface area contributed by atoms with Crippen molar-refractivity contribution >= 4 is 22.8 Å². The van der Waals surface area contributed by atoms with Gasteiger partial charge in [-0.05, 0) is 24.5 Å². The highest BCUT2D eigenvalue weighted by Gasteiger charge is 2.45. The molecular formula is C18H20N2O3. The molecule has 23 heavy (non-hydrogen) atoms. The minimum atomic E-state index is -0.135. The predicted octanol–water partition coefficient (Wildman–Crippen LogP) is 2.12. The van der Waals surface area contributed by atoms with Crippen LogP contribution in [0.5, 0.6) is 0 Å². The molecule has 2 aliphatic heterocycles. The van der Waals surface area contributed by atoms with Crippen molar-refractivity contribution in [2.24, 2.45) is 11.8 Å². The fourth-order valence-corrected chi connectivity index (χ4v) is 3.73. The van der Waals surface area contributed by atoms with Crippen LogP contribution >= 0.6 is 0 Å². The second-order valence-electron chi connectivity index (χ2n) is 6.51. The van der Waals surface area contributed by atoms with Crippen LogP contribution in [0.3, 0.4) is 0 Å². The van der Waals surface area contributed by atoms with Crippen LogP contribution in [0.25, 0.3) is 10.9 Å². The highest BCUT2D eigenvalue weighted by Crippen LogP contribution is 2.30. The Labute approximate surface area is 134 Å². The third-order valence-corrected chi connectivity index (χ3v) is 5.05. The first-order chi connectivity index (χ1) is 11.2. The van der Waals surface area contributed by atoms with Gasteiger partial charge in [0.15, 0.2) is 0 Å². The molecule has 3 heterocycles. The summed E-state index contributed by atoms with van der Waals surface area (Å²) < 4.78 is 5.04. The number of aromatic amines is 1. The van der Waals surface area contributed by atoms with Crippen LogP contribution < -0.4 is 0 Å². The Hall–Kier alpha value is -2.30. The van der Waals surface area contributed by atoms with E-state index in [4.69, 9.17) is 4.74 Å². The Balaban J connectivity index is 1.31. The van der Waals surface area contributed by atoms with Crippen LogP contribution in [0.15, 0.2) is 30.5 Å². The first-order valence-electron chi connectivity index (χ1n) is 8.22. The Kier molecular flexibility index (Phi) is 3.56. The molecule has 1 amide bonds. The van der Waals surface area contributed by atoms with Gasteiger partial charge in [-0.15, -0.1) is 0 Å². The maximum Gasteiger partial charge on any atom is 0.311 e. The van der Waals surface area contributed by atoms with E-state index in [2.05, 4.69) is 17.1 Å². The molecule has 1 aromatic heterocycles. The largest absolute Gasteiger partial charge is 0.465 e. The molecule has 120 valence electrons. The molecule has 0 aliphatic carbocycles. The van der Waals surface area contributed by atoms with E-state index in [9.17, 15) is 9.59 Å². The number of hydrogen-bond acceptors (Lipinski definition) is 3. The molecule has 5 heteroatoms. The lowest BCUT2D eigenvalue weighted by molar-refractivity contribution is -0.142. The summed E-state index contributed by atoms with van der Waals surface area (Å²) in [6.45, 7) is 1.68. The van der Waals surface area contributed by atoms with E-state index in [1.807, 2.05) is 23.2 Å². The van der Waals surface area contributed by atoms with Crippen molar-refractivity contribution in [3.05, 3.63) is 36.0 Å². The molecule has 0 unspecified atom stereocenters. The summed E-state index contributed by atoms with van der Waals surface area (Å²) in [6, 6.07) is 8.22. The number of H-pyrrole nitrogens is 1. The van der Waals surface area contributed by atoms with Crippen LogP contribution in [0, 0.1) is 11.8 Å². The molecule has 5 nitrogen and oxygen atoms in total. The fourth-order valence-electron chi connectivity index (χ4n) is 3.73. The maximum atomic E-state index is 12.3. The Morgan fingerprint density at radius 1 is 1.30 bits per heavy atom. The Bertz CT molecular complexity index is 752. The van der Waals surface area contributed by atoms with Crippen molar-refractivity contribution in [3.63, 3.8) is 0 Å². The number of nitrogens with one attached hydrogen (secondary N) is 1. The number of likely N-dealkylation sites (tertiary alicyclic amines) is 1. The van der Waals surface area contributed by atoms with Gasteiger partial charge in [0.05, 0.1) is 12.5 Å². The van der Waals surface area contributed by atoms with E-state index in [-0.39, 0.29) is 23.7 Å². The quantitative estimate of drug-likeness (QED) is 0.880. The Morgan fingerprint density at radius 3 is 3.04 bits per heavy atom. The van der Waals surface area contributed by atoms with Crippen LogP contribution in [-0.2, 0) is 20.7 Å². The number of benzene rings is 1. The van der Waals surface area contributed by atoms with Gasteiger partial charge in [-0.2, -0.15) is 0 Å². The number of fused-ring (bicyclic) bond motifs is 2. The molecule has 0 radical (unpaired) electrons. The number of nitrogens with zero attached hydrogens (tertiary/aromatic N) is 1. The smallest absolute Gasteiger partial charge is 0.311 e. The second kappa shape index (κ2) is 5.72. The molecule has 2 saturated heterocycles. The summed E-state index contributed by atoms with van der Waals surface area (Å²) in [6.07, 6.45) is 4.29. The number of ether oxygens (including phenoxy) is 1. The van der Waals surface area contributed by atoms with E-state index in [1.165, 1.54) is 10.9 Å². The number of aromatic nitrogens is 1. The molecule has 2 aromatic rings. The normalized spacial score (nSPS) is 23.3. The zero-order chi connectivity index (χ0) is 15.8. The van der Waals surface area contributed by atoms with Gasteiger partial charge in [-0.25, -0.2) is 0 Å². The first-order valence-corrected chi connectivity index (χ1v) is 8.22. The third kappa shape index (κ3) is 2.60. The molecular weight excluding hydrogens is 292 g/mol. The number of para-hydroxylation sites is 1. The van der Waals surface area contributed by atoms with Crippen molar-refractivity contribution in [1.82, 2.24) is 9.88 Å². The van der Waals surface area contributed by atoms with Crippen molar-refractivity contribution in [1.29, 1.82) is 0 Å². The average Bonchev–Trinajstić information content (AvgIpc) is 3.24. The maximum absolute atomic E-state index is 12.3. The topological polar surface area (TPSA) is 62.4 Å². The highest BCUT2D eigenvalue weighted by molar-refractivity contribution is 5.83. The van der Waals surface area contributed by atoms with Crippen LogP contribution in [-0.4, -0.2) is 41.5 Å². The number of aryl methyl sites for hydroxylation is 1. The van der Waals surface area contributed by atoms with Gasteiger partial charge in [0.25, 0.3) is 0 Å². The SMILES string of the molecule is O=C1OC[C@H]2CN(C(=O)CCCc3c[nH]c4ccccc34)C[C@@H]12. The van der Waals surface area contributed by atoms with Crippen molar-refractivity contribution in [2.45, 2.75) is 19.3 Å². The standard InChI is InChI=1S/C18H20N2O3/c21-17(20-9-13-11-23-18(22)15(13)10-20)7-3-4-12-8-19-16-6-2-1-5-14(12)16/h1-2,5-6,8,13,15,19H,3-4,7,9-11H2/t13-,15-/m1/s1. The van der Waals surface area contributed by atoms with Gasteiger partial charge >= 0.3 is 5.97 Å². The molecule has 2 aliphatic rings. The number of esters is 1. The molecule has 0 saturated carbocycles. The summed E-state index contributed by atoms with van der Waals surface area (Å²) in [5.41, 5.74) is 2.40. The zero-order valence-corrected chi connectivity index (χ0v) is 13.0. The first kappa shape index (κ1) is 14.3. The summed E-state index contributed by atoms with van der Waals surface area (Å²) in [4.78, 5) is 29.0. The number of amides is 1. The molecule has 2 atom stereocenters. The monoisotopic (exact) mass is 312 g/mol. The molecule has 1 N–H and O–H groups in total. The van der Waals surface area contributed by atoms with E-state index in [0.29, 0.717) is 26.1 Å².